The standard InChI is InChI=1S/C4H11OP/c1-4(5)6(2)3/h4-5H,1-3H3. The van der Waals surface area contributed by atoms with Crippen molar-refractivity contribution in [3.05, 3.63) is 0 Å². The van der Waals surface area contributed by atoms with Gasteiger partial charge in [-0.1, -0.05) is 7.92 Å². The van der Waals surface area contributed by atoms with Crippen molar-refractivity contribution in [3.8, 4) is 0 Å². The predicted molar refractivity (Wildman–Crippen MR) is 30.4 cm³/mol. The highest BCUT2D eigenvalue weighted by atomic mass is 31.1. The summed E-state index contributed by atoms with van der Waals surface area (Å²) in [6.07, 6.45) is 0. The summed E-state index contributed by atoms with van der Waals surface area (Å²) in [5.74, 6) is -0.0833. The molecule has 1 N–H and O–H groups in total. The van der Waals surface area contributed by atoms with Crippen molar-refractivity contribution in [3.63, 3.8) is 0 Å². The third-order valence-electron chi connectivity index (χ3n) is 0.747. The van der Waals surface area contributed by atoms with Gasteiger partial charge in [0.15, 0.2) is 0 Å². The maximum atomic E-state index is 8.66. The van der Waals surface area contributed by atoms with Crippen LogP contribution in [0, 0.1) is 0 Å². The smallest absolute Gasteiger partial charge is 0.0697 e. The molecule has 0 saturated carbocycles. The Morgan fingerprint density at radius 2 is 1.67 bits per heavy atom. The molecule has 38 valence electrons. The third-order valence-corrected chi connectivity index (χ3v) is 2.24. The molecule has 0 heterocycles. The van der Waals surface area contributed by atoms with E-state index in [1.807, 2.05) is 6.92 Å². The van der Waals surface area contributed by atoms with Crippen LogP contribution in [0.25, 0.3) is 0 Å². The highest BCUT2D eigenvalue weighted by molar-refractivity contribution is 7.56. The minimum absolute atomic E-state index is 0.0833. The van der Waals surface area contributed by atoms with E-state index in [0.29, 0.717) is 0 Å². The van der Waals surface area contributed by atoms with E-state index < -0.39 is 0 Å². The zero-order valence-corrected chi connectivity index (χ0v) is 5.37. The summed E-state index contributed by atoms with van der Waals surface area (Å²) in [5, 5.41) is 8.66. The molecule has 0 aromatic rings. The van der Waals surface area contributed by atoms with Gasteiger partial charge in [-0.3, -0.25) is 0 Å². The average molecular weight is 106 g/mol. The summed E-state index contributed by atoms with van der Waals surface area (Å²) in [6.45, 7) is 5.94. The number of hydrogen-bond donors (Lipinski definition) is 1. The van der Waals surface area contributed by atoms with Gasteiger partial charge < -0.3 is 5.11 Å². The molecule has 0 amide bonds. The van der Waals surface area contributed by atoms with Crippen molar-refractivity contribution in [1.82, 2.24) is 0 Å². The molecule has 1 unspecified atom stereocenters. The molecule has 1 atom stereocenters. The Hall–Kier alpha value is 0.390. The van der Waals surface area contributed by atoms with Gasteiger partial charge in [0.2, 0.25) is 0 Å². The Morgan fingerprint density at radius 1 is 1.50 bits per heavy atom. The van der Waals surface area contributed by atoms with Crippen LogP contribution in [-0.2, 0) is 0 Å². The fourth-order valence-corrected chi connectivity index (χ4v) is 0. The van der Waals surface area contributed by atoms with Gasteiger partial charge in [0.25, 0.3) is 0 Å². The SMILES string of the molecule is CC(O)P(C)C. The second-order valence-electron chi connectivity index (χ2n) is 1.60. The molecule has 0 bridgehead atoms. The Balaban J connectivity index is 2.99. The number of aliphatic hydroxyl groups is 1. The van der Waals surface area contributed by atoms with Crippen LogP contribution in [0.4, 0.5) is 0 Å². The minimum atomic E-state index is -0.104. The lowest BCUT2D eigenvalue weighted by molar-refractivity contribution is 0.278. The molecule has 0 fully saturated rings. The van der Waals surface area contributed by atoms with E-state index in [4.69, 9.17) is 5.11 Å². The van der Waals surface area contributed by atoms with Crippen LogP contribution in [0.5, 0.6) is 0 Å². The summed E-state index contributed by atoms with van der Waals surface area (Å²) in [7, 11) is -0.104. The maximum Gasteiger partial charge on any atom is 0.0697 e. The lowest BCUT2D eigenvalue weighted by Crippen LogP contribution is -1.92. The molecule has 0 spiro atoms. The van der Waals surface area contributed by atoms with Gasteiger partial charge in [0, 0.05) is 0 Å². The molecule has 0 radical (unpaired) electrons. The van der Waals surface area contributed by atoms with Crippen LogP contribution in [0.3, 0.4) is 0 Å². The molecule has 1 nitrogen and oxygen atoms in total. The van der Waals surface area contributed by atoms with Crippen molar-refractivity contribution in [2.24, 2.45) is 0 Å². The van der Waals surface area contributed by atoms with Gasteiger partial charge >= 0.3 is 0 Å². The molecule has 0 saturated heterocycles. The average Bonchev–Trinajstić information content (AvgIpc) is 1.36. The van der Waals surface area contributed by atoms with E-state index in [1.165, 1.54) is 0 Å². The minimum Gasteiger partial charge on any atom is -0.389 e. The molecule has 0 rings (SSSR count). The van der Waals surface area contributed by atoms with E-state index in [1.54, 1.807) is 0 Å². The Labute approximate surface area is 40.1 Å². The topological polar surface area (TPSA) is 20.2 Å². The normalized spacial score (nSPS) is 15.5. The fourth-order valence-electron chi connectivity index (χ4n) is 0. The largest absolute Gasteiger partial charge is 0.389 e. The summed E-state index contributed by atoms with van der Waals surface area (Å²) < 4.78 is 0. The van der Waals surface area contributed by atoms with E-state index in [-0.39, 0.29) is 13.8 Å². The zero-order valence-electron chi connectivity index (χ0n) is 4.47. The van der Waals surface area contributed by atoms with Crippen LogP contribution in [-0.4, -0.2) is 24.3 Å². The van der Waals surface area contributed by atoms with Crippen molar-refractivity contribution < 1.29 is 5.11 Å². The van der Waals surface area contributed by atoms with Crippen LogP contribution < -0.4 is 0 Å². The monoisotopic (exact) mass is 106 g/mol. The molecule has 6 heavy (non-hydrogen) atoms. The summed E-state index contributed by atoms with van der Waals surface area (Å²) in [4.78, 5) is 0. The van der Waals surface area contributed by atoms with Crippen LogP contribution in [0.15, 0.2) is 0 Å². The first-order valence-corrected chi connectivity index (χ1v) is 4.29. The van der Waals surface area contributed by atoms with Gasteiger partial charge in [-0.15, -0.1) is 0 Å². The number of rotatable bonds is 1. The van der Waals surface area contributed by atoms with Crippen LogP contribution in [0.1, 0.15) is 6.92 Å². The van der Waals surface area contributed by atoms with Crippen molar-refractivity contribution in [1.29, 1.82) is 0 Å². The maximum absolute atomic E-state index is 8.66. The molecule has 0 aliphatic rings. The first kappa shape index (κ1) is 6.39. The summed E-state index contributed by atoms with van der Waals surface area (Å²) in [5.41, 5.74) is 0. The summed E-state index contributed by atoms with van der Waals surface area (Å²) >= 11 is 0. The Morgan fingerprint density at radius 3 is 1.67 bits per heavy atom. The van der Waals surface area contributed by atoms with Gasteiger partial charge in [0.1, 0.15) is 0 Å². The van der Waals surface area contributed by atoms with Gasteiger partial charge in [-0.2, -0.15) is 0 Å². The fraction of sp³-hybridized carbons (Fsp3) is 1.00. The van der Waals surface area contributed by atoms with E-state index in [0.717, 1.165) is 0 Å². The molecular formula is C4H11OP. The highest BCUT2D eigenvalue weighted by Gasteiger charge is 1.96. The molecule has 0 aliphatic carbocycles. The number of hydrogen-bond acceptors (Lipinski definition) is 1. The first-order chi connectivity index (χ1) is 2.64. The van der Waals surface area contributed by atoms with E-state index in [9.17, 15) is 0 Å². The Kier molecular flexibility index (Phi) is 2.71. The third kappa shape index (κ3) is 2.62. The van der Waals surface area contributed by atoms with Crippen LogP contribution in [0.2, 0.25) is 0 Å². The quantitative estimate of drug-likeness (QED) is 0.495. The summed E-state index contributed by atoms with van der Waals surface area (Å²) in [6, 6.07) is 0. The van der Waals surface area contributed by atoms with Gasteiger partial charge in [-0.25, -0.2) is 0 Å². The van der Waals surface area contributed by atoms with E-state index in [2.05, 4.69) is 13.3 Å². The molecular weight excluding hydrogens is 95.0 g/mol. The van der Waals surface area contributed by atoms with Crippen molar-refractivity contribution in [2.75, 3.05) is 13.3 Å². The molecule has 0 aromatic carbocycles. The lowest BCUT2D eigenvalue weighted by atomic mass is 10.9. The second-order valence-corrected chi connectivity index (χ2v) is 4.27. The van der Waals surface area contributed by atoms with Gasteiger partial charge in [0.05, 0.1) is 5.85 Å². The second kappa shape index (κ2) is 2.54. The predicted octanol–water partition coefficient (Wildman–Crippen LogP) is 1.07. The lowest BCUT2D eigenvalue weighted by Gasteiger charge is -2.05. The molecule has 0 aliphatic heterocycles. The molecule has 2 heteroatoms. The van der Waals surface area contributed by atoms with E-state index >= 15 is 0 Å². The number of aliphatic hydroxyl groups excluding tert-OH is 1. The highest BCUT2D eigenvalue weighted by Crippen LogP contribution is 2.28. The van der Waals surface area contributed by atoms with Crippen LogP contribution >= 0.6 is 7.92 Å². The Bertz CT molecular complexity index is 28.5. The van der Waals surface area contributed by atoms with Crippen molar-refractivity contribution in [2.45, 2.75) is 12.8 Å². The first-order valence-electron chi connectivity index (χ1n) is 1.99. The molecule has 0 aromatic heterocycles. The van der Waals surface area contributed by atoms with Crippen molar-refractivity contribution >= 4 is 7.92 Å². The van der Waals surface area contributed by atoms with Gasteiger partial charge in [-0.05, 0) is 20.3 Å². The zero-order chi connectivity index (χ0) is 5.15.